The molecule has 2 rings (SSSR count). The van der Waals surface area contributed by atoms with Crippen molar-refractivity contribution in [1.82, 2.24) is 4.90 Å². The SMILES string of the molecule is CCN(C=[N+](CC)C1CCCCC1)C1CCCCC1. The molecule has 0 aliphatic heterocycles. The Morgan fingerprint density at radius 3 is 2.00 bits per heavy atom. The maximum absolute atomic E-state index is 2.64. The zero-order valence-electron chi connectivity index (χ0n) is 13.1. The molecule has 0 aromatic rings. The van der Waals surface area contributed by atoms with Gasteiger partial charge < -0.3 is 0 Å². The van der Waals surface area contributed by atoms with E-state index in [-0.39, 0.29) is 0 Å². The van der Waals surface area contributed by atoms with Crippen molar-refractivity contribution in [2.24, 2.45) is 0 Å². The first-order valence-electron chi connectivity index (χ1n) is 8.71. The number of hydrogen-bond donors (Lipinski definition) is 0. The van der Waals surface area contributed by atoms with Gasteiger partial charge in [0.15, 0.2) is 0 Å². The largest absolute Gasteiger partial charge is 0.266 e. The van der Waals surface area contributed by atoms with Crippen LogP contribution in [0.3, 0.4) is 0 Å². The molecule has 0 atom stereocenters. The standard InChI is InChI=1S/C17H33N2/c1-3-18(16-11-7-5-8-12-16)15-19(4-2)17-13-9-6-10-14-17/h15-17H,3-14H2,1-2H3/q+1. The first kappa shape index (κ1) is 14.9. The number of nitrogens with zero attached hydrogens (tertiary/aromatic N) is 2. The van der Waals surface area contributed by atoms with E-state index in [2.05, 4.69) is 29.7 Å². The lowest BCUT2D eigenvalue weighted by Gasteiger charge is -2.29. The summed E-state index contributed by atoms with van der Waals surface area (Å²) < 4.78 is 2.64. The molecule has 0 aromatic carbocycles. The molecule has 0 radical (unpaired) electrons. The molecule has 0 aromatic heterocycles. The molecule has 0 bridgehead atoms. The van der Waals surface area contributed by atoms with Gasteiger partial charge in [0.1, 0.15) is 0 Å². The smallest absolute Gasteiger partial charge is 0.234 e. The summed E-state index contributed by atoms with van der Waals surface area (Å²) in [6, 6.07) is 1.63. The summed E-state index contributed by atoms with van der Waals surface area (Å²) in [5.41, 5.74) is 0. The van der Waals surface area contributed by atoms with Gasteiger partial charge in [-0.3, -0.25) is 9.48 Å². The third-order valence-corrected chi connectivity index (χ3v) is 5.11. The second-order valence-electron chi connectivity index (χ2n) is 6.36. The van der Waals surface area contributed by atoms with Crippen LogP contribution in [0.25, 0.3) is 0 Å². The van der Waals surface area contributed by atoms with Crippen LogP contribution in [0.4, 0.5) is 0 Å². The van der Waals surface area contributed by atoms with Gasteiger partial charge in [0.05, 0.1) is 25.2 Å². The van der Waals surface area contributed by atoms with Gasteiger partial charge in [0.25, 0.3) is 0 Å². The Morgan fingerprint density at radius 1 is 0.895 bits per heavy atom. The fourth-order valence-electron chi connectivity index (χ4n) is 3.88. The van der Waals surface area contributed by atoms with Crippen molar-refractivity contribution in [3.63, 3.8) is 0 Å². The van der Waals surface area contributed by atoms with Crippen molar-refractivity contribution in [2.45, 2.75) is 90.1 Å². The Bertz CT molecular complexity index is 273. The van der Waals surface area contributed by atoms with Gasteiger partial charge in [-0.25, -0.2) is 0 Å². The van der Waals surface area contributed by atoms with Crippen LogP contribution in [0.2, 0.25) is 0 Å². The highest BCUT2D eigenvalue weighted by molar-refractivity contribution is 5.49. The molecule has 0 saturated heterocycles. The second-order valence-corrected chi connectivity index (χ2v) is 6.36. The molecule has 2 aliphatic carbocycles. The monoisotopic (exact) mass is 265 g/mol. The highest BCUT2D eigenvalue weighted by Gasteiger charge is 2.25. The molecular weight excluding hydrogens is 232 g/mol. The topological polar surface area (TPSA) is 6.25 Å². The normalized spacial score (nSPS) is 23.6. The summed E-state index contributed by atoms with van der Waals surface area (Å²) in [5, 5.41) is 0. The highest BCUT2D eigenvalue weighted by atomic mass is 15.2. The van der Waals surface area contributed by atoms with E-state index in [1.54, 1.807) is 0 Å². The third-order valence-electron chi connectivity index (χ3n) is 5.11. The van der Waals surface area contributed by atoms with Crippen molar-refractivity contribution < 1.29 is 4.58 Å². The van der Waals surface area contributed by atoms with Crippen molar-refractivity contribution in [2.75, 3.05) is 13.1 Å². The molecule has 2 saturated carbocycles. The minimum atomic E-state index is 0.816. The lowest BCUT2D eigenvalue weighted by atomic mass is 9.94. The average molecular weight is 265 g/mol. The van der Waals surface area contributed by atoms with Crippen LogP contribution in [-0.2, 0) is 0 Å². The quantitative estimate of drug-likeness (QED) is 0.413. The fourth-order valence-corrected chi connectivity index (χ4v) is 3.88. The Balaban J connectivity index is 2.00. The van der Waals surface area contributed by atoms with E-state index < -0.39 is 0 Å². The molecule has 110 valence electrons. The Labute approximate surface area is 119 Å². The van der Waals surface area contributed by atoms with E-state index in [9.17, 15) is 0 Å². The summed E-state index contributed by atoms with van der Waals surface area (Å²) in [4.78, 5) is 2.64. The molecule has 0 N–H and O–H groups in total. The van der Waals surface area contributed by atoms with Gasteiger partial charge in [0, 0.05) is 0 Å². The zero-order valence-corrected chi connectivity index (χ0v) is 13.1. The van der Waals surface area contributed by atoms with E-state index in [1.807, 2.05) is 0 Å². The van der Waals surface area contributed by atoms with Crippen molar-refractivity contribution in [1.29, 1.82) is 0 Å². The minimum Gasteiger partial charge on any atom is -0.266 e. The third kappa shape index (κ3) is 4.22. The van der Waals surface area contributed by atoms with Crippen molar-refractivity contribution >= 4 is 6.34 Å². The fraction of sp³-hybridized carbons (Fsp3) is 0.941. The van der Waals surface area contributed by atoms with Gasteiger partial charge in [-0.1, -0.05) is 12.8 Å². The predicted octanol–water partition coefficient (Wildman–Crippen LogP) is 4.03. The average Bonchev–Trinajstić information content (AvgIpc) is 2.50. The van der Waals surface area contributed by atoms with Crippen LogP contribution in [0.15, 0.2) is 0 Å². The molecule has 0 unspecified atom stereocenters. The molecule has 2 aliphatic rings. The molecule has 0 heterocycles. The Hall–Kier alpha value is -0.530. The molecule has 2 nitrogen and oxygen atoms in total. The van der Waals surface area contributed by atoms with Gasteiger partial charge in [-0.15, -0.1) is 0 Å². The number of rotatable bonds is 5. The predicted molar refractivity (Wildman–Crippen MR) is 83.0 cm³/mol. The van der Waals surface area contributed by atoms with Crippen molar-refractivity contribution in [3.05, 3.63) is 0 Å². The molecule has 2 fully saturated rings. The summed E-state index contributed by atoms with van der Waals surface area (Å²) in [7, 11) is 0. The van der Waals surface area contributed by atoms with E-state index in [0.29, 0.717) is 0 Å². The van der Waals surface area contributed by atoms with Crippen molar-refractivity contribution in [3.8, 4) is 0 Å². The Kier molecular flexibility index (Phi) is 6.19. The summed E-state index contributed by atoms with van der Waals surface area (Å²) in [6.07, 6.45) is 16.8. The summed E-state index contributed by atoms with van der Waals surface area (Å²) in [5.74, 6) is 0. The van der Waals surface area contributed by atoms with E-state index in [0.717, 1.165) is 12.1 Å². The maximum Gasteiger partial charge on any atom is 0.234 e. The van der Waals surface area contributed by atoms with E-state index in [4.69, 9.17) is 0 Å². The number of hydrogen-bond acceptors (Lipinski definition) is 0. The van der Waals surface area contributed by atoms with Gasteiger partial charge in [-0.05, 0) is 65.2 Å². The van der Waals surface area contributed by atoms with Crippen LogP contribution in [0.5, 0.6) is 0 Å². The first-order valence-corrected chi connectivity index (χ1v) is 8.71. The van der Waals surface area contributed by atoms with Crippen LogP contribution < -0.4 is 0 Å². The second kappa shape index (κ2) is 7.91. The first-order chi connectivity index (χ1) is 9.35. The molecule has 2 heteroatoms. The van der Waals surface area contributed by atoms with Gasteiger partial charge in [0.2, 0.25) is 6.34 Å². The lowest BCUT2D eigenvalue weighted by Crippen LogP contribution is -2.41. The van der Waals surface area contributed by atoms with Crippen LogP contribution in [-0.4, -0.2) is 41.0 Å². The van der Waals surface area contributed by atoms with Crippen LogP contribution >= 0.6 is 0 Å². The van der Waals surface area contributed by atoms with E-state index in [1.165, 1.54) is 77.3 Å². The van der Waals surface area contributed by atoms with Gasteiger partial charge >= 0.3 is 0 Å². The maximum atomic E-state index is 2.64. The summed E-state index contributed by atoms with van der Waals surface area (Å²) in [6.45, 7) is 6.99. The highest BCUT2D eigenvalue weighted by Crippen LogP contribution is 2.23. The molecule has 0 spiro atoms. The molecule has 19 heavy (non-hydrogen) atoms. The Morgan fingerprint density at radius 2 is 1.47 bits per heavy atom. The van der Waals surface area contributed by atoms with Crippen LogP contribution in [0, 0.1) is 0 Å². The summed E-state index contributed by atoms with van der Waals surface area (Å²) >= 11 is 0. The lowest BCUT2D eigenvalue weighted by molar-refractivity contribution is -0.566. The zero-order chi connectivity index (χ0) is 13.5. The molecular formula is C17H33N2+. The van der Waals surface area contributed by atoms with Crippen LogP contribution in [0.1, 0.15) is 78.1 Å². The van der Waals surface area contributed by atoms with E-state index >= 15 is 0 Å². The minimum absolute atomic E-state index is 0.816. The van der Waals surface area contributed by atoms with Gasteiger partial charge in [-0.2, -0.15) is 0 Å². The molecule has 0 amide bonds.